The van der Waals surface area contributed by atoms with Crippen LogP contribution in [-0.4, -0.2) is 10.2 Å². The van der Waals surface area contributed by atoms with E-state index >= 15 is 0 Å². The van der Waals surface area contributed by atoms with Crippen LogP contribution in [0, 0.1) is 13.8 Å². The van der Waals surface area contributed by atoms with Gasteiger partial charge in [0.2, 0.25) is 0 Å². The standard InChI is InChI=1S/C16H23N3/c1-11-6-12(2)8-14(7-11)17-9-13-10-18-19-15(13)16(3,4)5/h6-8,10,17H,9H2,1-5H3,(H,18,19). The molecule has 0 bridgehead atoms. The third-order valence-corrected chi connectivity index (χ3v) is 3.13. The van der Waals surface area contributed by atoms with E-state index in [-0.39, 0.29) is 5.41 Å². The predicted molar refractivity (Wildman–Crippen MR) is 80.5 cm³/mol. The van der Waals surface area contributed by atoms with Gasteiger partial charge in [-0.3, -0.25) is 5.10 Å². The highest BCUT2D eigenvalue weighted by atomic mass is 15.1. The Labute approximate surface area is 115 Å². The highest BCUT2D eigenvalue weighted by molar-refractivity contribution is 5.49. The molecule has 2 N–H and O–H groups in total. The lowest BCUT2D eigenvalue weighted by atomic mass is 9.89. The molecule has 1 heterocycles. The predicted octanol–water partition coefficient (Wildman–Crippen LogP) is 3.94. The Balaban J connectivity index is 2.13. The van der Waals surface area contributed by atoms with Crippen molar-refractivity contribution >= 4 is 5.69 Å². The Kier molecular flexibility index (Phi) is 3.65. The van der Waals surface area contributed by atoms with Crippen LogP contribution < -0.4 is 5.32 Å². The summed E-state index contributed by atoms with van der Waals surface area (Å²) in [7, 11) is 0. The average molecular weight is 257 g/mol. The van der Waals surface area contributed by atoms with Crippen LogP contribution in [-0.2, 0) is 12.0 Å². The fourth-order valence-corrected chi connectivity index (χ4v) is 2.37. The van der Waals surface area contributed by atoms with Gasteiger partial charge in [0.1, 0.15) is 0 Å². The Hall–Kier alpha value is -1.77. The van der Waals surface area contributed by atoms with Crippen LogP contribution in [0.1, 0.15) is 43.2 Å². The minimum Gasteiger partial charge on any atom is -0.381 e. The number of aromatic nitrogens is 2. The second kappa shape index (κ2) is 5.08. The molecule has 0 saturated heterocycles. The van der Waals surface area contributed by atoms with Crippen molar-refractivity contribution in [3.63, 3.8) is 0 Å². The molecule has 0 atom stereocenters. The van der Waals surface area contributed by atoms with Gasteiger partial charge in [0.05, 0.1) is 5.69 Å². The minimum atomic E-state index is 0.0690. The summed E-state index contributed by atoms with van der Waals surface area (Å²) in [6.07, 6.45) is 1.98. The maximum Gasteiger partial charge on any atom is 0.0725 e. The van der Waals surface area contributed by atoms with E-state index in [1.165, 1.54) is 22.4 Å². The van der Waals surface area contributed by atoms with Crippen molar-refractivity contribution in [2.24, 2.45) is 0 Å². The Bertz CT molecular complexity index is 541. The molecular weight excluding hydrogens is 234 g/mol. The van der Waals surface area contributed by atoms with E-state index in [1.807, 2.05) is 6.20 Å². The molecule has 1 aromatic heterocycles. The van der Waals surface area contributed by atoms with E-state index in [1.54, 1.807) is 0 Å². The molecule has 0 radical (unpaired) electrons. The number of hydrogen-bond acceptors (Lipinski definition) is 2. The first-order valence-corrected chi connectivity index (χ1v) is 6.71. The number of rotatable bonds is 3. The zero-order chi connectivity index (χ0) is 14.0. The van der Waals surface area contributed by atoms with E-state index in [9.17, 15) is 0 Å². The van der Waals surface area contributed by atoms with E-state index in [2.05, 4.69) is 68.3 Å². The van der Waals surface area contributed by atoms with Crippen LogP contribution in [0.3, 0.4) is 0 Å². The van der Waals surface area contributed by atoms with E-state index in [4.69, 9.17) is 0 Å². The quantitative estimate of drug-likeness (QED) is 0.874. The largest absolute Gasteiger partial charge is 0.381 e. The van der Waals surface area contributed by atoms with E-state index < -0.39 is 0 Å². The van der Waals surface area contributed by atoms with Crippen molar-refractivity contribution in [2.45, 2.75) is 46.6 Å². The first-order chi connectivity index (χ1) is 8.86. The van der Waals surface area contributed by atoms with Crippen molar-refractivity contribution in [2.75, 3.05) is 5.32 Å². The second-order valence-corrected chi connectivity index (χ2v) is 6.24. The van der Waals surface area contributed by atoms with Crippen LogP contribution in [0.2, 0.25) is 0 Å². The molecule has 3 nitrogen and oxygen atoms in total. The van der Waals surface area contributed by atoms with Gasteiger partial charge in [0, 0.05) is 29.4 Å². The van der Waals surface area contributed by atoms with Gasteiger partial charge in [-0.2, -0.15) is 5.10 Å². The number of benzene rings is 1. The van der Waals surface area contributed by atoms with Gasteiger partial charge in [-0.15, -0.1) is 0 Å². The van der Waals surface area contributed by atoms with Crippen LogP contribution in [0.5, 0.6) is 0 Å². The summed E-state index contributed by atoms with van der Waals surface area (Å²) in [5.41, 5.74) is 6.16. The first kappa shape index (κ1) is 13.7. The lowest BCUT2D eigenvalue weighted by molar-refractivity contribution is 0.561. The molecule has 2 aromatic rings. The Morgan fingerprint density at radius 3 is 2.32 bits per heavy atom. The molecule has 19 heavy (non-hydrogen) atoms. The molecule has 0 saturated carbocycles. The number of aryl methyl sites for hydroxylation is 2. The lowest BCUT2D eigenvalue weighted by Gasteiger charge is -2.18. The number of H-pyrrole nitrogens is 1. The summed E-state index contributed by atoms with van der Waals surface area (Å²) in [6.45, 7) is 11.6. The van der Waals surface area contributed by atoms with Crippen molar-refractivity contribution < 1.29 is 0 Å². The molecule has 0 spiro atoms. The van der Waals surface area contributed by atoms with E-state index in [0.29, 0.717) is 0 Å². The fraction of sp³-hybridized carbons (Fsp3) is 0.438. The zero-order valence-corrected chi connectivity index (χ0v) is 12.5. The monoisotopic (exact) mass is 257 g/mol. The summed E-state index contributed by atoms with van der Waals surface area (Å²) in [5, 5.41) is 10.8. The maximum absolute atomic E-state index is 4.37. The molecule has 0 aliphatic carbocycles. The first-order valence-electron chi connectivity index (χ1n) is 6.71. The fourth-order valence-electron chi connectivity index (χ4n) is 2.37. The maximum atomic E-state index is 4.37. The van der Waals surface area contributed by atoms with Gasteiger partial charge in [-0.1, -0.05) is 26.8 Å². The molecule has 0 fully saturated rings. The van der Waals surface area contributed by atoms with Gasteiger partial charge >= 0.3 is 0 Å². The Morgan fingerprint density at radius 1 is 1.11 bits per heavy atom. The highest BCUT2D eigenvalue weighted by Crippen LogP contribution is 2.24. The summed E-state index contributed by atoms with van der Waals surface area (Å²) in [4.78, 5) is 0. The third-order valence-electron chi connectivity index (χ3n) is 3.13. The molecule has 0 amide bonds. The Morgan fingerprint density at radius 2 is 1.74 bits per heavy atom. The van der Waals surface area contributed by atoms with Gasteiger partial charge < -0.3 is 5.32 Å². The normalized spacial score (nSPS) is 11.6. The molecular formula is C16H23N3. The SMILES string of the molecule is Cc1cc(C)cc(NCc2c[nH]nc2C(C)(C)C)c1. The van der Waals surface area contributed by atoms with Crippen molar-refractivity contribution in [3.8, 4) is 0 Å². The molecule has 102 valence electrons. The van der Waals surface area contributed by atoms with Crippen LogP contribution in [0.25, 0.3) is 0 Å². The molecule has 1 aromatic carbocycles. The minimum absolute atomic E-state index is 0.0690. The van der Waals surface area contributed by atoms with Crippen molar-refractivity contribution in [1.29, 1.82) is 0 Å². The number of nitrogens with one attached hydrogen (secondary N) is 2. The molecule has 2 rings (SSSR count). The number of nitrogens with zero attached hydrogens (tertiary/aromatic N) is 1. The van der Waals surface area contributed by atoms with E-state index in [0.717, 1.165) is 12.2 Å². The smallest absolute Gasteiger partial charge is 0.0725 e. The lowest BCUT2D eigenvalue weighted by Crippen LogP contribution is -2.15. The number of aromatic amines is 1. The van der Waals surface area contributed by atoms with Gasteiger partial charge in [-0.05, 0) is 37.1 Å². The van der Waals surface area contributed by atoms with Crippen LogP contribution in [0.15, 0.2) is 24.4 Å². The zero-order valence-electron chi connectivity index (χ0n) is 12.5. The molecule has 0 unspecified atom stereocenters. The molecule has 0 aliphatic rings. The van der Waals surface area contributed by atoms with Crippen molar-refractivity contribution in [1.82, 2.24) is 10.2 Å². The number of hydrogen-bond donors (Lipinski definition) is 2. The topological polar surface area (TPSA) is 40.7 Å². The summed E-state index contributed by atoms with van der Waals surface area (Å²) < 4.78 is 0. The van der Waals surface area contributed by atoms with Gasteiger partial charge in [0.15, 0.2) is 0 Å². The summed E-state index contributed by atoms with van der Waals surface area (Å²) in [5.74, 6) is 0. The summed E-state index contributed by atoms with van der Waals surface area (Å²) >= 11 is 0. The summed E-state index contributed by atoms with van der Waals surface area (Å²) in [6, 6.07) is 6.53. The third kappa shape index (κ3) is 3.37. The molecule has 3 heteroatoms. The van der Waals surface area contributed by atoms with Crippen molar-refractivity contribution in [3.05, 3.63) is 46.8 Å². The highest BCUT2D eigenvalue weighted by Gasteiger charge is 2.20. The second-order valence-electron chi connectivity index (χ2n) is 6.24. The van der Waals surface area contributed by atoms with Gasteiger partial charge in [0.25, 0.3) is 0 Å². The van der Waals surface area contributed by atoms with Gasteiger partial charge in [-0.25, -0.2) is 0 Å². The molecule has 0 aliphatic heterocycles. The van der Waals surface area contributed by atoms with Crippen LogP contribution >= 0.6 is 0 Å². The number of anilines is 1. The van der Waals surface area contributed by atoms with Crippen LogP contribution in [0.4, 0.5) is 5.69 Å². The average Bonchev–Trinajstić information content (AvgIpc) is 2.72.